The van der Waals surface area contributed by atoms with E-state index in [-0.39, 0.29) is 12.0 Å². The highest BCUT2D eigenvalue weighted by atomic mass is 16.6. The van der Waals surface area contributed by atoms with Crippen LogP contribution in [0.1, 0.15) is 46.6 Å². The van der Waals surface area contributed by atoms with Crippen LogP contribution in [0.25, 0.3) is 6.08 Å². The first-order valence-corrected chi connectivity index (χ1v) is 7.73. The number of nitrogens with zero attached hydrogens (tertiary/aromatic N) is 2. The monoisotopic (exact) mass is 321 g/mol. The highest BCUT2D eigenvalue weighted by molar-refractivity contribution is 5.68. The largest absolute Gasteiger partial charge is 0.444 e. The fraction of sp³-hybridized carbons (Fsp3) is 0.562. The maximum atomic E-state index is 11.7. The molecule has 0 aliphatic heterocycles. The molecular formula is C16H27N5O2. The summed E-state index contributed by atoms with van der Waals surface area (Å²) in [5.74, 6) is 0.932. The van der Waals surface area contributed by atoms with Gasteiger partial charge in [-0.05, 0) is 41.0 Å². The van der Waals surface area contributed by atoms with Crippen LogP contribution in [-0.2, 0) is 4.74 Å². The van der Waals surface area contributed by atoms with Crippen molar-refractivity contribution < 1.29 is 9.53 Å². The van der Waals surface area contributed by atoms with Crippen molar-refractivity contribution in [3.05, 3.63) is 17.8 Å². The van der Waals surface area contributed by atoms with Gasteiger partial charge < -0.3 is 21.1 Å². The maximum Gasteiger partial charge on any atom is 0.407 e. The zero-order valence-electron chi connectivity index (χ0n) is 14.5. The predicted octanol–water partition coefficient (Wildman–Crippen LogP) is 2.81. The van der Waals surface area contributed by atoms with Crippen molar-refractivity contribution in [2.75, 3.05) is 17.6 Å². The molecule has 0 aromatic carbocycles. The average Bonchev–Trinajstić information content (AvgIpc) is 2.39. The van der Waals surface area contributed by atoms with E-state index in [1.165, 1.54) is 0 Å². The first-order valence-electron chi connectivity index (χ1n) is 7.73. The third-order valence-electron chi connectivity index (χ3n) is 2.73. The summed E-state index contributed by atoms with van der Waals surface area (Å²) < 4.78 is 5.22. The van der Waals surface area contributed by atoms with Gasteiger partial charge in [0.25, 0.3) is 0 Å². The van der Waals surface area contributed by atoms with Gasteiger partial charge in [0.2, 0.25) is 5.95 Å². The molecule has 1 atom stereocenters. The number of hydrogen-bond acceptors (Lipinski definition) is 6. The molecular weight excluding hydrogens is 294 g/mol. The first kappa shape index (κ1) is 18.7. The van der Waals surface area contributed by atoms with Gasteiger partial charge >= 0.3 is 6.09 Å². The standard InChI is InChI=1S/C16H27N5O2/c1-6-18-13-12(10-19-14(17)21-13)9-7-8-11(2)20-15(22)23-16(3,4)5/h7,9-11H,6,8H2,1-5H3,(H,20,22)(H3,17,18,19,21)/b9-7+/t11-/m0/s1. The number of nitrogen functional groups attached to an aromatic ring is 1. The van der Waals surface area contributed by atoms with Gasteiger partial charge in [-0.1, -0.05) is 12.2 Å². The van der Waals surface area contributed by atoms with Crippen molar-refractivity contribution >= 4 is 23.9 Å². The van der Waals surface area contributed by atoms with Crippen LogP contribution < -0.4 is 16.4 Å². The van der Waals surface area contributed by atoms with E-state index >= 15 is 0 Å². The van der Waals surface area contributed by atoms with Gasteiger partial charge in [-0.15, -0.1) is 0 Å². The lowest BCUT2D eigenvalue weighted by Gasteiger charge is -2.21. The fourth-order valence-electron chi connectivity index (χ4n) is 1.80. The zero-order chi connectivity index (χ0) is 17.5. The van der Waals surface area contributed by atoms with Crippen LogP contribution in [0, 0.1) is 0 Å². The van der Waals surface area contributed by atoms with E-state index in [1.54, 1.807) is 6.20 Å². The summed E-state index contributed by atoms with van der Waals surface area (Å²) in [5, 5.41) is 5.93. The molecule has 0 fully saturated rings. The van der Waals surface area contributed by atoms with Crippen molar-refractivity contribution in [3.8, 4) is 0 Å². The Morgan fingerprint density at radius 3 is 2.78 bits per heavy atom. The van der Waals surface area contributed by atoms with Gasteiger partial charge in [0, 0.05) is 24.3 Å². The normalized spacial score (nSPS) is 12.9. The number of ether oxygens (including phenoxy) is 1. The van der Waals surface area contributed by atoms with Crippen LogP contribution in [0.3, 0.4) is 0 Å². The lowest BCUT2D eigenvalue weighted by atomic mass is 10.2. The van der Waals surface area contributed by atoms with Gasteiger partial charge in [-0.25, -0.2) is 9.78 Å². The molecule has 1 aromatic heterocycles. The van der Waals surface area contributed by atoms with Crippen LogP contribution in [0.2, 0.25) is 0 Å². The highest BCUT2D eigenvalue weighted by Crippen LogP contribution is 2.15. The van der Waals surface area contributed by atoms with Crippen molar-refractivity contribution in [3.63, 3.8) is 0 Å². The molecule has 128 valence electrons. The van der Waals surface area contributed by atoms with Crippen molar-refractivity contribution in [1.29, 1.82) is 0 Å². The summed E-state index contributed by atoms with van der Waals surface area (Å²) in [5.41, 5.74) is 5.95. The Morgan fingerprint density at radius 2 is 2.17 bits per heavy atom. The van der Waals surface area contributed by atoms with Crippen molar-refractivity contribution in [2.45, 2.75) is 52.7 Å². The minimum atomic E-state index is -0.498. The maximum absolute atomic E-state index is 11.7. The highest BCUT2D eigenvalue weighted by Gasteiger charge is 2.17. The lowest BCUT2D eigenvalue weighted by Crippen LogP contribution is -2.37. The number of aromatic nitrogens is 2. The van der Waals surface area contributed by atoms with E-state index in [1.807, 2.05) is 46.8 Å². The topological polar surface area (TPSA) is 102 Å². The molecule has 23 heavy (non-hydrogen) atoms. The average molecular weight is 321 g/mol. The van der Waals surface area contributed by atoms with Crippen molar-refractivity contribution in [2.24, 2.45) is 0 Å². The molecule has 0 spiro atoms. The SMILES string of the molecule is CCNc1nc(N)ncc1/C=C/C[C@H](C)NC(=O)OC(C)(C)C. The second kappa shape index (κ2) is 8.36. The molecule has 1 amide bonds. The Hall–Kier alpha value is -2.31. The van der Waals surface area contributed by atoms with Crippen LogP contribution in [0.5, 0.6) is 0 Å². The molecule has 1 aromatic rings. The van der Waals surface area contributed by atoms with Gasteiger partial charge in [-0.3, -0.25) is 0 Å². The molecule has 1 rings (SSSR count). The summed E-state index contributed by atoms with van der Waals surface area (Å²) in [6.45, 7) is 10.1. The number of alkyl carbamates (subject to hydrolysis) is 1. The second-order valence-electron chi connectivity index (χ2n) is 6.25. The summed E-state index contributed by atoms with van der Waals surface area (Å²) in [7, 11) is 0. The molecule has 0 saturated carbocycles. The summed E-state index contributed by atoms with van der Waals surface area (Å²) >= 11 is 0. The Morgan fingerprint density at radius 1 is 1.48 bits per heavy atom. The molecule has 7 nitrogen and oxygen atoms in total. The number of hydrogen-bond donors (Lipinski definition) is 3. The molecule has 0 aliphatic rings. The molecule has 0 saturated heterocycles. The van der Waals surface area contributed by atoms with Gasteiger partial charge in [0.15, 0.2) is 0 Å². The molecule has 0 aliphatic carbocycles. The van der Waals surface area contributed by atoms with Gasteiger partial charge in [-0.2, -0.15) is 4.98 Å². The summed E-state index contributed by atoms with van der Waals surface area (Å²) in [6, 6.07) is -0.0432. The van der Waals surface area contributed by atoms with Crippen LogP contribution in [0.15, 0.2) is 12.3 Å². The molecule has 0 bridgehead atoms. The Balaban J connectivity index is 2.57. The quantitative estimate of drug-likeness (QED) is 0.744. The lowest BCUT2D eigenvalue weighted by molar-refractivity contribution is 0.0509. The minimum Gasteiger partial charge on any atom is -0.444 e. The number of nitrogens with two attached hydrogens (primary N) is 1. The molecule has 0 radical (unpaired) electrons. The third-order valence-corrected chi connectivity index (χ3v) is 2.73. The van der Waals surface area contributed by atoms with Crippen LogP contribution in [0.4, 0.5) is 16.6 Å². The van der Waals surface area contributed by atoms with Gasteiger partial charge in [0.05, 0.1) is 0 Å². The van der Waals surface area contributed by atoms with E-state index in [2.05, 4.69) is 20.6 Å². The van der Waals surface area contributed by atoms with E-state index < -0.39 is 11.7 Å². The predicted molar refractivity (Wildman–Crippen MR) is 93.1 cm³/mol. The fourth-order valence-corrected chi connectivity index (χ4v) is 1.80. The Labute approximate surface area is 137 Å². The molecule has 7 heteroatoms. The van der Waals surface area contributed by atoms with E-state index in [0.717, 1.165) is 12.1 Å². The Bertz CT molecular complexity index is 552. The number of rotatable bonds is 6. The smallest absolute Gasteiger partial charge is 0.407 e. The minimum absolute atomic E-state index is 0.0432. The van der Waals surface area contributed by atoms with E-state index in [4.69, 9.17) is 10.5 Å². The van der Waals surface area contributed by atoms with Crippen molar-refractivity contribution in [1.82, 2.24) is 15.3 Å². The van der Waals surface area contributed by atoms with Crippen LogP contribution in [-0.4, -0.2) is 34.2 Å². The molecule has 4 N–H and O–H groups in total. The zero-order valence-corrected chi connectivity index (χ0v) is 14.5. The number of anilines is 2. The number of nitrogens with one attached hydrogen (secondary N) is 2. The number of amides is 1. The summed E-state index contributed by atoms with van der Waals surface area (Å²) in [6.07, 6.45) is 5.78. The molecule has 0 unspecified atom stereocenters. The van der Waals surface area contributed by atoms with Gasteiger partial charge in [0.1, 0.15) is 11.4 Å². The van der Waals surface area contributed by atoms with Crippen LogP contribution >= 0.6 is 0 Å². The second-order valence-corrected chi connectivity index (χ2v) is 6.25. The number of carbonyl (C=O) groups is 1. The third kappa shape index (κ3) is 7.49. The van der Waals surface area contributed by atoms with E-state index in [9.17, 15) is 4.79 Å². The van der Waals surface area contributed by atoms with E-state index in [0.29, 0.717) is 12.2 Å². The Kier molecular flexibility index (Phi) is 6.81. The first-order chi connectivity index (χ1) is 10.7. The molecule has 1 heterocycles. The number of carbonyl (C=O) groups excluding carboxylic acids is 1. The summed E-state index contributed by atoms with van der Waals surface area (Å²) in [4.78, 5) is 19.8.